The van der Waals surface area contributed by atoms with E-state index in [1.54, 1.807) is 25.3 Å². The molecule has 0 heterocycles. The van der Waals surface area contributed by atoms with Crippen molar-refractivity contribution in [3.8, 4) is 5.75 Å². The molecule has 0 aromatic heterocycles. The molecule has 0 aliphatic heterocycles. The van der Waals surface area contributed by atoms with Gasteiger partial charge in [0.15, 0.2) is 0 Å². The molecule has 0 spiro atoms. The summed E-state index contributed by atoms with van der Waals surface area (Å²) in [5, 5.41) is 0. The Morgan fingerprint density at radius 1 is 1.33 bits per heavy atom. The van der Waals surface area contributed by atoms with Crippen LogP contribution in [-0.4, -0.2) is 46.1 Å². The lowest BCUT2D eigenvalue weighted by Gasteiger charge is -2.27. The van der Waals surface area contributed by atoms with Crippen LogP contribution in [0.2, 0.25) is 0 Å². The van der Waals surface area contributed by atoms with Gasteiger partial charge in [-0.05, 0) is 47.5 Å². The molecule has 7 heteroatoms. The van der Waals surface area contributed by atoms with Crippen molar-refractivity contribution in [2.45, 2.75) is 31.2 Å². The van der Waals surface area contributed by atoms with Crippen molar-refractivity contribution in [1.82, 2.24) is 4.31 Å². The van der Waals surface area contributed by atoms with Gasteiger partial charge in [-0.25, -0.2) is 8.42 Å². The van der Waals surface area contributed by atoms with Crippen LogP contribution in [0.25, 0.3) is 0 Å². The van der Waals surface area contributed by atoms with Gasteiger partial charge in [-0.15, -0.1) is 0 Å². The van der Waals surface area contributed by atoms with E-state index in [0.29, 0.717) is 23.4 Å². The number of sulfonamides is 1. The minimum absolute atomic E-state index is 0.0916. The van der Waals surface area contributed by atoms with E-state index in [0.717, 1.165) is 6.42 Å². The number of hydrogen-bond acceptors (Lipinski definition) is 4. The number of halogens is 1. The molecule has 1 unspecified atom stereocenters. The van der Waals surface area contributed by atoms with Gasteiger partial charge in [-0.3, -0.25) is 0 Å². The second-order valence-corrected chi connectivity index (χ2v) is 7.41. The molecule has 0 radical (unpaired) electrons. The van der Waals surface area contributed by atoms with Gasteiger partial charge in [-0.1, -0.05) is 6.92 Å². The van der Waals surface area contributed by atoms with Crippen LogP contribution in [-0.2, 0) is 14.8 Å². The van der Waals surface area contributed by atoms with Crippen molar-refractivity contribution in [1.29, 1.82) is 0 Å². The van der Waals surface area contributed by atoms with E-state index >= 15 is 0 Å². The minimum atomic E-state index is -3.56. The maximum Gasteiger partial charge on any atom is 0.243 e. The molecule has 120 valence electrons. The summed E-state index contributed by atoms with van der Waals surface area (Å²) in [7, 11) is -0.463. The maximum absolute atomic E-state index is 12.8. The van der Waals surface area contributed by atoms with Crippen molar-refractivity contribution < 1.29 is 17.9 Å². The fourth-order valence-corrected chi connectivity index (χ4v) is 4.31. The number of rotatable bonds is 8. The Balaban J connectivity index is 3.18. The smallest absolute Gasteiger partial charge is 0.243 e. The third-order valence-corrected chi connectivity index (χ3v) is 5.96. The molecular weight excluding hydrogens is 358 g/mol. The van der Waals surface area contributed by atoms with Crippen LogP contribution in [0, 0.1) is 0 Å². The predicted molar refractivity (Wildman–Crippen MR) is 86.2 cm³/mol. The fraction of sp³-hybridized carbons (Fsp3) is 0.571. The summed E-state index contributed by atoms with van der Waals surface area (Å²) >= 11 is 3.32. The van der Waals surface area contributed by atoms with E-state index in [4.69, 9.17) is 9.47 Å². The molecule has 0 aliphatic carbocycles. The molecule has 0 amide bonds. The zero-order valence-corrected chi connectivity index (χ0v) is 15.2. The molecular formula is C14H22BrNO4S. The first kappa shape index (κ1) is 18.4. The highest BCUT2D eigenvalue weighted by Crippen LogP contribution is 2.29. The van der Waals surface area contributed by atoms with Gasteiger partial charge in [0.25, 0.3) is 0 Å². The van der Waals surface area contributed by atoms with E-state index in [2.05, 4.69) is 15.9 Å². The Morgan fingerprint density at radius 3 is 2.48 bits per heavy atom. The second kappa shape index (κ2) is 8.12. The van der Waals surface area contributed by atoms with Crippen molar-refractivity contribution in [2.24, 2.45) is 0 Å². The normalized spacial score (nSPS) is 13.4. The van der Waals surface area contributed by atoms with Crippen LogP contribution in [0.4, 0.5) is 0 Å². The largest absolute Gasteiger partial charge is 0.496 e. The molecule has 1 atom stereocenters. The Kier molecular flexibility index (Phi) is 7.12. The topological polar surface area (TPSA) is 55.8 Å². The Labute approximate surface area is 135 Å². The highest BCUT2D eigenvalue weighted by Gasteiger charge is 2.28. The number of ether oxygens (including phenoxy) is 2. The summed E-state index contributed by atoms with van der Waals surface area (Å²) in [5.74, 6) is 0.598. The van der Waals surface area contributed by atoms with E-state index in [9.17, 15) is 8.42 Å². The standard InChI is InChI=1S/C14H22BrNO4S/c1-5-11(2)16(8-9-19-3)21(17,18)12-6-7-14(20-4)13(15)10-12/h6-7,10-11H,5,8-9H2,1-4H3. The second-order valence-electron chi connectivity index (χ2n) is 4.66. The van der Waals surface area contributed by atoms with Gasteiger partial charge < -0.3 is 9.47 Å². The number of hydrogen-bond donors (Lipinski definition) is 0. The van der Waals surface area contributed by atoms with Crippen LogP contribution < -0.4 is 4.74 Å². The van der Waals surface area contributed by atoms with Crippen molar-refractivity contribution >= 4 is 26.0 Å². The first-order valence-electron chi connectivity index (χ1n) is 6.72. The van der Waals surface area contributed by atoms with Gasteiger partial charge in [0, 0.05) is 19.7 Å². The molecule has 1 aromatic carbocycles. The summed E-state index contributed by atoms with van der Waals surface area (Å²) in [6, 6.07) is 4.67. The lowest BCUT2D eigenvalue weighted by molar-refractivity contribution is 0.167. The summed E-state index contributed by atoms with van der Waals surface area (Å²) < 4.78 is 37.8. The summed E-state index contributed by atoms with van der Waals surface area (Å²) in [6.45, 7) is 4.55. The SMILES string of the molecule is CCC(C)N(CCOC)S(=O)(=O)c1ccc(OC)c(Br)c1. The highest BCUT2D eigenvalue weighted by atomic mass is 79.9. The summed E-state index contributed by atoms with van der Waals surface area (Å²) in [5.41, 5.74) is 0. The zero-order chi connectivity index (χ0) is 16.0. The Morgan fingerprint density at radius 2 is 2.00 bits per heavy atom. The molecule has 1 rings (SSSR count). The third-order valence-electron chi connectivity index (χ3n) is 3.33. The van der Waals surface area contributed by atoms with Gasteiger partial charge in [0.05, 0.1) is 23.1 Å². The van der Waals surface area contributed by atoms with Crippen LogP contribution in [0.5, 0.6) is 5.75 Å². The zero-order valence-electron chi connectivity index (χ0n) is 12.8. The average molecular weight is 380 g/mol. The van der Waals surface area contributed by atoms with Crippen LogP contribution in [0.3, 0.4) is 0 Å². The Bertz CT molecular complexity index is 562. The fourth-order valence-electron chi connectivity index (χ4n) is 1.91. The summed E-state index contributed by atoms with van der Waals surface area (Å²) in [6.07, 6.45) is 0.736. The van der Waals surface area contributed by atoms with Crippen LogP contribution in [0.1, 0.15) is 20.3 Å². The van der Waals surface area contributed by atoms with E-state index in [-0.39, 0.29) is 10.9 Å². The van der Waals surface area contributed by atoms with Gasteiger partial charge in [-0.2, -0.15) is 4.31 Å². The number of nitrogens with zero attached hydrogens (tertiary/aromatic N) is 1. The number of methoxy groups -OCH3 is 2. The minimum Gasteiger partial charge on any atom is -0.496 e. The molecule has 1 aromatic rings. The van der Waals surface area contributed by atoms with Gasteiger partial charge >= 0.3 is 0 Å². The molecule has 0 N–H and O–H groups in total. The Hall–Kier alpha value is -0.630. The van der Waals surface area contributed by atoms with E-state index < -0.39 is 10.0 Å². The molecule has 0 bridgehead atoms. The monoisotopic (exact) mass is 379 g/mol. The highest BCUT2D eigenvalue weighted by molar-refractivity contribution is 9.10. The molecule has 0 saturated heterocycles. The van der Waals surface area contributed by atoms with E-state index in [1.807, 2.05) is 13.8 Å². The van der Waals surface area contributed by atoms with Crippen molar-refractivity contribution in [2.75, 3.05) is 27.4 Å². The molecule has 5 nitrogen and oxygen atoms in total. The molecule has 0 fully saturated rings. The molecule has 21 heavy (non-hydrogen) atoms. The van der Waals surface area contributed by atoms with Gasteiger partial charge in [0.1, 0.15) is 5.75 Å². The molecule has 0 aliphatic rings. The van der Waals surface area contributed by atoms with Gasteiger partial charge in [0.2, 0.25) is 10.0 Å². The lowest BCUT2D eigenvalue weighted by atomic mass is 10.3. The molecule has 0 saturated carbocycles. The van der Waals surface area contributed by atoms with Crippen LogP contribution >= 0.6 is 15.9 Å². The first-order valence-corrected chi connectivity index (χ1v) is 8.96. The summed E-state index contributed by atoms with van der Waals surface area (Å²) in [4.78, 5) is 0.242. The first-order chi connectivity index (χ1) is 9.88. The van der Waals surface area contributed by atoms with Crippen molar-refractivity contribution in [3.63, 3.8) is 0 Å². The average Bonchev–Trinajstić information content (AvgIpc) is 2.46. The van der Waals surface area contributed by atoms with Crippen LogP contribution in [0.15, 0.2) is 27.6 Å². The third kappa shape index (κ3) is 4.42. The maximum atomic E-state index is 12.8. The van der Waals surface area contributed by atoms with E-state index in [1.165, 1.54) is 11.4 Å². The number of benzene rings is 1. The lowest BCUT2D eigenvalue weighted by Crippen LogP contribution is -2.40. The quantitative estimate of drug-likeness (QED) is 0.696. The predicted octanol–water partition coefficient (Wildman–Crippen LogP) is 2.89. The van der Waals surface area contributed by atoms with Crippen molar-refractivity contribution in [3.05, 3.63) is 22.7 Å².